The van der Waals surface area contributed by atoms with Crippen molar-refractivity contribution in [2.24, 2.45) is 0 Å². The van der Waals surface area contributed by atoms with Crippen molar-refractivity contribution in [3.8, 4) is 16.9 Å². The number of benzene rings is 4. The van der Waals surface area contributed by atoms with E-state index < -0.39 is 48.0 Å². The summed E-state index contributed by atoms with van der Waals surface area (Å²) in [6.45, 7) is 26.7. The molecule has 0 radical (unpaired) electrons. The molecule has 0 aromatic heterocycles. The maximum Gasteiger partial charge on any atom is 0.494 e. The summed E-state index contributed by atoms with van der Waals surface area (Å²) < 4.78 is 38.6. The smallest absolute Gasteiger partial charge is 0.493 e. The van der Waals surface area contributed by atoms with Crippen molar-refractivity contribution in [3.05, 3.63) is 112 Å². The molecule has 0 spiro atoms. The number of carbonyl (C=O) groups is 3. The lowest BCUT2D eigenvalue weighted by Gasteiger charge is -2.35. The number of unbranched alkanes of at least 4 members (excludes halogenated alkanes) is 3. The maximum atomic E-state index is 14.0. The summed E-state index contributed by atoms with van der Waals surface area (Å²) in [5.74, 6) is -0.0201. The lowest BCUT2D eigenvalue weighted by atomic mass is 9.64. The molecule has 9 nitrogen and oxygen atoms in total. The zero-order chi connectivity index (χ0) is 44.7. The number of ketones is 1. The van der Waals surface area contributed by atoms with Gasteiger partial charge in [0, 0.05) is 5.56 Å². The van der Waals surface area contributed by atoms with Crippen LogP contribution in [0.25, 0.3) is 11.1 Å². The van der Waals surface area contributed by atoms with Gasteiger partial charge in [0.2, 0.25) is 0 Å². The lowest BCUT2D eigenvalue weighted by Crippen LogP contribution is -2.41. The molecule has 3 aliphatic rings. The minimum atomic E-state index is -1.05. The van der Waals surface area contributed by atoms with Gasteiger partial charge in [0.05, 0.1) is 41.0 Å². The van der Waals surface area contributed by atoms with E-state index in [4.69, 9.17) is 32.9 Å². The molecular weight excluding hydrogens is 766 g/mol. The molecule has 2 heterocycles. The molecule has 11 heteroatoms. The van der Waals surface area contributed by atoms with E-state index in [1.54, 1.807) is 6.92 Å². The van der Waals surface area contributed by atoms with Crippen molar-refractivity contribution in [2.45, 2.75) is 137 Å². The van der Waals surface area contributed by atoms with E-state index in [9.17, 15) is 9.59 Å². The summed E-state index contributed by atoms with van der Waals surface area (Å²) >= 11 is 0. The molecule has 0 unspecified atom stereocenters. The highest BCUT2D eigenvalue weighted by Gasteiger charge is 2.55. The number of aryl methyl sites for hydroxylation is 1. The van der Waals surface area contributed by atoms with E-state index in [0.717, 1.165) is 75.6 Å². The van der Waals surface area contributed by atoms with Crippen LogP contribution in [-0.2, 0) is 33.6 Å². The number of ether oxygens (including phenoxy) is 2. The van der Waals surface area contributed by atoms with Crippen LogP contribution < -0.4 is 15.7 Å². The van der Waals surface area contributed by atoms with Crippen LogP contribution in [0.15, 0.2) is 72.8 Å². The number of Topliss-reactive ketones (excluding diaryl/α,β-unsaturated/α-hetero) is 1. The van der Waals surface area contributed by atoms with Gasteiger partial charge in [-0.1, -0.05) is 80.8 Å². The predicted octanol–water partition coefficient (Wildman–Crippen LogP) is 9.11. The molecule has 4 aromatic carbocycles. The fraction of sp³-hybridized carbons (Fsp3) is 0.460. The largest absolute Gasteiger partial charge is 0.494 e. The van der Waals surface area contributed by atoms with Crippen LogP contribution in [0.2, 0.25) is 0 Å². The van der Waals surface area contributed by atoms with Gasteiger partial charge in [-0.05, 0) is 151 Å². The molecule has 0 atom stereocenters. The molecule has 4 aromatic rings. The fourth-order valence-corrected chi connectivity index (χ4v) is 8.60. The average molecular weight is 829 g/mol. The number of hydrogen-bond acceptors (Lipinski definition) is 9. The van der Waals surface area contributed by atoms with Crippen molar-refractivity contribution < 1.29 is 42.5 Å². The van der Waals surface area contributed by atoms with Crippen molar-refractivity contribution in [3.63, 3.8) is 0 Å². The maximum absolute atomic E-state index is 14.0. The Labute approximate surface area is 363 Å². The van der Waals surface area contributed by atoms with E-state index in [1.807, 2.05) is 44.9 Å². The van der Waals surface area contributed by atoms with Crippen LogP contribution in [0.3, 0.4) is 0 Å². The third kappa shape index (κ3) is 8.15. The molecule has 0 amide bonds. The minimum absolute atomic E-state index is 0.0334. The van der Waals surface area contributed by atoms with Gasteiger partial charge in [-0.25, -0.2) is 4.79 Å². The second-order valence-corrected chi connectivity index (χ2v) is 18.5. The Bertz CT molecular complexity index is 2180. The molecule has 2 aliphatic heterocycles. The lowest BCUT2D eigenvalue weighted by molar-refractivity contribution is -0.0980. The number of rotatable bonds is 13. The fourth-order valence-electron chi connectivity index (χ4n) is 8.60. The zero-order valence-electron chi connectivity index (χ0n) is 38.2. The van der Waals surface area contributed by atoms with Crippen LogP contribution in [0.5, 0.6) is 5.75 Å². The quantitative estimate of drug-likeness (QED) is 0.0498. The Balaban J connectivity index is 0.00000307. The summed E-state index contributed by atoms with van der Waals surface area (Å²) in [5.41, 5.74) is 5.95. The Kier molecular flexibility index (Phi) is 13.1. The topological polar surface area (TPSA) is 107 Å². The highest BCUT2D eigenvalue weighted by Crippen LogP contribution is 2.57. The predicted molar refractivity (Wildman–Crippen MR) is 243 cm³/mol. The van der Waals surface area contributed by atoms with Gasteiger partial charge in [0.15, 0.2) is 5.78 Å². The minimum Gasteiger partial charge on any atom is -0.493 e. The Hall–Kier alpha value is -4.54. The highest BCUT2D eigenvalue weighted by molar-refractivity contribution is 6.62. The number of fused-ring (bicyclic) bond motifs is 3. The molecule has 0 N–H and O–H groups in total. The molecule has 322 valence electrons. The van der Waals surface area contributed by atoms with Gasteiger partial charge in [-0.2, -0.15) is 0 Å². The molecule has 7 rings (SSSR count). The monoisotopic (exact) mass is 828 g/mol. The summed E-state index contributed by atoms with van der Waals surface area (Å²) in [6.07, 6.45) is 4.16. The van der Waals surface area contributed by atoms with Crippen LogP contribution in [0, 0.1) is 6.92 Å². The number of hydrogen-bond donors (Lipinski definition) is 0. The molecule has 2 saturated heterocycles. The van der Waals surface area contributed by atoms with E-state index >= 15 is 0 Å². The van der Waals surface area contributed by atoms with Gasteiger partial charge in [-0.3, -0.25) is 4.79 Å². The molecule has 2 fully saturated rings. The second kappa shape index (κ2) is 17.3. The van der Waals surface area contributed by atoms with Crippen LogP contribution in [0.4, 0.5) is 0 Å². The van der Waals surface area contributed by atoms with Gasteiger partial charge in [0.25, 0.3) is 0 Å². The van der Waals surface area contributed by atoms with Crippen molar-refractivity contribution in [2.75, 3.05) is 13.2 Å². The van der Waals surface area contributed by atoms with Gasteiger partial charge < -0.3 is 32.9 Å². The van der Waals surface area contributed by atoms with Gasteiger partial charge in [-0.15, -0.1) is 0 Å². The molecule has 0 bridgehead atoms. The standard InChI is InChI=1S/C49H60B2O8.CH2O/c1-13-15-16-17-26-55-43-25-20-34(28-40(43)44(53)54-14-2)49(33-19-18-31(3)39(27-33)32(4)52)41-29-35(50-56-45(5,6)46(7,8)57-50)21-23-37(41)38-24-22-36(30-42(38)49)51-58-47(9,10)48(11,12)59-51;1-2/h18-25,27-30H,13-17,26H2,1-12H3;1H2. The first-order valence-corrected chi connectivity index (χ1v) is 21.6. The first-order valence-electron chi connectivity index (χ1n) is 21.6. The zero-order valence-corrected chi connectivity index (χ0v) is 38.2. The van der Waals surface area contributed by atoms with Crippen molar-refractivity contribution >= 4 is 43.7 Å². The Morgan fingerprint density at radius 2 is 1.10 bits per heavy atom. The van der Waals surface area contributed by atoms with Crippen LogP contribution in [0.1, 0.15) is 150 Å². The molecule has 61 heavy (non-hydrogen) atoms. The van der Waals surface area contributed by atoms with E-state index in [0.29, 0.717) is 23.5 Å². The highest BCUT2D eigenvalue weighted by atomic mass is 16.7. The third-order valence-electron chi connectivity index (χ3n) is 13.4. The Morgan fingerprint density at radius 3 is 1.56 bits per heavy atom. The second-order valence-electron chi connectivity index (χ2n) is 18.5. The summed E-state index contributed by atoms with van der Waals surface area (Å²) in [7, 11) is -1.26. The summed E-state index contributed by atoms with van der Waals surface area (Å²) in [6, 6.07) is 24.8. The van der Waals surface area contributed by atoms with Crippen LogP contribution in [-0.4, -0.2) is 68.4 Å². The summed E-state index contributed by atoms with van der Waals surface area (Å²) in [4.78, 5) is 35.3. The summed E-state index contributed by atoms with van der Waals surface area (Å²) in [5, 5.41) is 0. The molecular formula is C50H62B2O9. The molecule has 0 saturated carbocycles. The third-order valence-corrected chi connectivity index (χ3v) is 13.4. The normalized spacial score (nSPS) is 18.5. The number of esters is 1. The van der Waals surface area contributed by atoms with Crippen LogP contribution >= 0.6 is 0 Å². The van der Waals surface area contributed by atoms with E-state index in [-0.39, 0.29) is 12.4 Å². The Morgan fingerprint density at radius 1 is 0.623 bits per heavy atom. The first kappa shape index (κ1) is 46.0. The van der Waals surface area contributed by atoms with Gasteiger partial charge in [0.1, 0.15) is 18.1 Å². The van der Waals surface area contributed by atoms with E-state index in [2.05, 4.69) is 111 Å². The van der Waals surface area contributed by atoms with Crippen molar-refractivity contribution in [1.82, 2.24) is 0 Å². The first-order chi connectivity index (χ1) is 28.8. The average Bonchev–Trinajstić information content (AvgIpc) is 3.72. The van der Waals surface area contributed by atoms with Gasteiger partial charge >= 0.3 is 20.2 Å². The van der Waals surface area contributed by atoms with Crippen molar-refractivity contribution in [1.29, 1.82) is 0 Å². The number of carbonyl (C=O) groups excluding carboxylic acids is 3. The SMILES string of the molecule is C=O.CCCCCCOc1ccc(C2(c3ccc(C)c(C(C)=O)c3)c3cc(B4OC(C)(C)C(C)(C)O4)ccc3-c3ccc(B4OC(C)(C)C(C)(C)O4)cc32)cc1C(=O)OCC. The molecule has 1 aliphatic carbocycles. The van der Waals surface area contributed by atoms with E-state index in [1.165, 1.54) is 0 Å².